The zero-order valence-corrected chi connectivity index (χ0v) is 18.7. The lowest BCUT2D eigenvalue weighted by molar-refractivity contribution is -0.116. The van der Waals surface area contributed by atoms with Crippen molar-refractivity contribution in [2.75, 3.05) is 25.2 Å². The summed E-state index contributed by atoms with van der Waals surface area (Å²) in [7, 11) is -2.40. The van der Waals surface area contributed by atoms with Crippen molar-refractivity contribution in [2.24, 2.45) is 0 Å². The number of nitrogens with one attached hydrogen (secondary N) is 1. The molecular formula is C19H21N3O4S3. The predicted octanol–water partition coefficient (Wildman–Crippen LogP) is 3.06. The van der Waals surface area contributed by atoms with E-state index in [-0.39, 0.29) is 16.3 Å². The maximum Gasteiger partial charge on any atom is 0.308 e. The van der Waals surface area contributed by atoms with Gasteiger partial charge in [-0.2, -0.15) is 4.31 Å². The Morgan fingerprint density at radius 2 is 1.90 bits per heavy atom. The quantitative estimate of drug-likeness (QED) is 0.558. The number of rotatable bonds is 7. The van der Waals surface area contributed by atoms with E-state index in [1.165, 1.54) is 30.9 Å². The molecule has 1 amide bonds. The molecule has 7 nitrogen and oxygen atoms in total. The van der Waals surface area contributed by atoms with Crippen molar-refractivity contribution in [3.63, 3.8) is 0 Å². The van der Waals surface area contributed by atoms with Crippen LogP contribution in [0.3, 0.4) is 0 Å². The number of hydrogen-bond acceptors (Lipinski definition) is 6. The van der Waals surface area contributed by atoms with Crippen LogP contribution in [0.4, 0.5) is 5.69 Å². The average molecular weight is 452 g/mol. The Kier molecular flexibility index (Phi) is 6.47. The Morgan fingerprint density at radius 3 is 2.52 bits per heavy atom. The highest BCUT2D eigenvalue weighted by molar-refractivity contribution is 7.98. The molecule has 0 fully saturated rings. The highest BCUT2D eigenvalue weighted by Crippen LogP contribution is 2.22. The number of hydrogen-bond donors (Lipinski definition) is 1. The third-order valence-electron chi connectivity index (χ3n) is 4.40. The van der Waals surface area contributed by atoms with E-state index in [9.17, 15) is 18.0 Å². The first-order valence-electron chi connectivity index (χ1n) is 8.80. The first kappa shape index (κ1) is 21.6. The Morgan fingerprint density at radius 1 is 1.21 bits per heavy atom. The first-order valence-corrected chi connectivity index (χ1v) is 12.3. The molecule has 29 heavy (non-hydrogen) atoms. The molecule has 0 aliphatic heterocycles. The number of anilines is 1. The average Bonchev–Trinajstić information content (AvgIpc) is 3.01. The molecule has 0 radical (unpaired) electrons. The molecule has 0 unspecified atom stereocenters. The zero-order chi connectivity index (χ0) is 21.2. The fourth-order valence-electron chi connectivity index (χ4n) is 2.86. The molecule has 1 heterocycles. The van der Waals surface area contributed by atoms with Gasteiger partial charge in [-0.05, 0) is 55.6 Å². The molecule has 1 aromatic heterocycles. The van der Waals surface area contributed by atoms with Crippen LogP contribution in [0.15, 0.2) is 57.1 Å². The van der Waals surface area contributed by atoms with Gasteiger partial charge in [0.2, 0.25) is 15.9 Å². The molecule has 154 valence electrons. The largest absolute Gasteiger partial charge is 0.325 e. The minimum absolute atomic E-state index is 0.0516. The number of thiazole rings is 1. The highest BCUT2D eigenvalue weighted by atomic mass is 32.2. The topological polar surface area (TPSA) is 88.5 Å². The summed E-state index contributed by atoms with van der Waals surface area (Å²) in [6.07, 6.45) is 1.91. The molecule has 0 aliphatic rings. The number of sulfonamides is 1. The summed E-state index contributed by atoms with van der Waals surface area (Å²) in [6, 6.07) is 11.7. The molecule has 3 aromatic rings. The van der Waals surface area contributed by atoms with Crippen LogP contribution in [0, 0.1) is 0 Å². The Bertz CT molecular complexity index is 1200. The lowest BCUT2D eigenvalue weighted by Gasteiger charge is -2.17. The number of aromatic nitrogens is 1. The number of thioether (sulfide) groups is 1. The van der Waals surface area contributed by atoms with E-state index >= 15 is 0 Å². The third-order valence-corrected chi connectivity index (χ3v) is 7.91. The summed E-state index contributed by atoms with van der Waals surface area (Å²) < 4.78 is 28.8. The van der Waals surface area contributed by atoms with Gasteiger partial charge in [-0.15, -0.1) is 11.8 Å². The summed E-state index contributed by atoms with van der Waals surface area (Å²) in [5.74, 6) is -0.460. The monoisotopic (exact) mass is 451 g/mol. The van der Waals surface area contributed by atoms with E-state index in [1.54, 1.807) is 34.9 Å². The van der Waals surface area contributed by atoms with Gasteiger partial charge in [-0.25, -0.2) is 8.42 Å². The summed E-state index contributed by atoms with van der Waals surface area (Å²) in [5, 5.41) is 2.70. The fraction of sp³-hybridized carbons (Fsp3) is 0.263. The van der Waals surface area contributed by atoms with Gasteiger partial charge < -0.3 is 5.32 Å². The summed E-state index contributed by atoms with van der Waals surface area (Å²) in [5.41, 5.74) is 1.33. The van der Waals surface area contributed by atoms with Crippen LogP contribution in [-0.4, -0.2) is 43.0 Å². The number of amides is 1. The maximum atomic E-state index is 12.7. The van der Waals surface area contributed by atoms with Crippen molar-refractivity contribution in [3.8, 4) is 0 Å². The number of carbonyl (C=O) groups excluding carboxylic acids is 1. The second-order valence-electron chi connectivity index (χ2n) is 6.28. The van der Waals surface area contributed by atoms with Crippen molar-refractivity contribution in [2.45, 2.75) is 23.3 Å². The molecule has 0 spiro atoms. The van der Waals surface area contributed by atoms with Gasteiger partial charge in [0.25, 0.3) is 0 Å². The Balaban J connectivity index is 1.72. The molecule has 0 saturated heterocycles. The second-order valence-corrected chi connectivity index (χ2v) is 10.2. The van der Waals surface area contributed by atoms with Gasteiger partial charge in [0.05, 0.1) is 21.7 Å². The minimum atomic E-state index is -3.77. The number of aryl methyl sites for hydroxylation is 1. The molecular weight excluding hydrogens is 430 g/mol. The van der Waals surface area contributed by atoms with E-state index in [2.05, 4.69) is 5.32 Å². The number of benzene rings is 2. The second kappa shape index (κ2) is 8.70. The van der Waals surface area contributed by atoms with E-state index < -0.39 is 15.9 Å². The van der Waals surface area contributed by atoms with Gasteiger partial charge in [0, 0.05) is 24.2 Å². The number of likely N-dealkylation sites (N-methyl/N-ethyl adjacent to an activating group) is 1. The van der Waals surface area contributed by atoms with Crippen molar-refractivity contribution >= 4 is 54.9 Å². The van der Waals surface area contributed by atoms with Crippen LogP contribution >= 0.6 is 23.1 Å². The Labute approximate surface area is 177 Å². The minimum Gasteiger partial charge on any atom is -0.325 e. The van der Waals surface area contributed by atoms with Crippen LogP contribution in [-0.2, 0) is 21.4 Å². The van der Waals surface area contributed by atoms with Gasteiger partial charge in [-0.1, -0.05) is 11.3 Å². The summed E-state index contributed by atoms with van der Waals surface area (Å²) in [4.78, 5) is 25.4. The van der Waals surface area contributed by atoms with Crippen LogP contribution in [0.5, 0.6) is 0 Å². The van der Waals surface area contributed by atoms with Crippen molar-refractivity contribution in [1.82, 2.24) is 8.87 Å². The molecule has 0 atom stereocenters. The molecule has 0 aliphatic carbocycles. The lowest BCUT2D eigenvalue weighted by atomic mass is 10.3. The SMILES string of the molecule is CCn1c(=O)sc2cc(NC(=O)CN(C)S(=O)(=O)c3ccc(SC)cc3)ccc21. The molecule has 0 saturated carbocycles. The number of fused-ring (bicyclic) bond motifs is 1. The molecule has 1 N–H and O–H groups in total. The molecule has 0 bridgehead atoms. The zero-order valence-electron chi connectivity index (χ0n) is 16.2. The smallest absolute Gasteiger partial charge is 0.308 e. The van der Waals surface area contributed by atoms with Crippen LogP contribution in [0.25, 0.3) is 10.2 Å². The molecule has 10 heteroatoms. The van der Waals surface area contributed by atoms with Crippen molar-refractivity contribution in [3.05, 3.63) is 52.1 Å². The van der Waals surface area contributed by atoms with Crippen molar-refractivity contribution in [1.29, 1.82) is 0 Å². The van der Waals surface area contributed by atoms with E-state index in [4.69, 9.17) is 0 Å². The van der Waals surface area contributed by atoms with Crippen LogP contribution in [0.2, 0.25) is 0 Å². The highest BCUT2D eigenvalue weighted by Gasteiger charge is 2.23. The van der Waals surface area contributed by atoms with Gasteiger partial charge >= 0.3 is 4.87 Å². The summed E-state index contributed by atoms with van der Waals surface area (Å²) in [6.45, 7) is 2.15. The van der Waals surface area contributed by atoms with E-state index in [0.717, 1.165) is 30.8 Å². The van der Waals surface area contributed by atoms with E-state index in [1.807, 2.05) is 13.2 Å². The normalized spacial score (nSPS) is 11.9. The standard InChI is InChI=1S/C19H21N3O4S3/c1-4-22-16-10-5-13(11-17(16)28-19(22)24)20-18(23)12-21(2)29(25,26)15-8-6-14(27-3)7-9-15/h5-11H,4,12H2,1-3H3,(H,20,23). The lowest BCUT2D eigenvalue weighted by Crippen LogP contribution is -2.34. The summed E-state index contributed by atoms with van der Waals surface area (Å²) >= 11 is 2.63. The van der Waals surface area contributed by atoms with E-state index in [0.29, 0.717) is 12.2 Å². The van der Waals surface area contributed by atoms with Gasteiger partial charge in [0.15, 0.2) is 0 Å². The van der Waals surface area contributed by atoms with Gasteiger partial charge in [-0.3, -0.25) is 14.2 Å². The van der Waals surface area contributed by atoms with Gasteiger partial charge in [0.1, 0.15) is 0 Å². The Hall–Kier alpha value is -2.14. The molecule has 3 rings (SSSR count). The maximum absolute atomic E-state index is 12.7. The van der Waals surface area contributed by atoms with Crippen molar-refractivity contribution < 1.29 is 13.2 Å². The van der Waals surface area contributed by atoms with Crippen LogP contribution in [0.1, 0.15) is 6.92 Å². The van der Waals surface area contributed by atoms with Crippen LogP contribution < -0.4 is 10.2 Å². The fourth-order valence-corrected chi connectivity index (χ4v) is 5.39. The number of carbonyl (C=O) groups is 1. The number of nitrogens with zero attached hydrogens (tertiary/aromatic N) is 2. The first-order chi connectivity index (χ1) is 13.8. The predicted molar refractivity (Wildman–Crippen MR) is 118 cm³/mol. The third kappa shape index (κ3) is 4.55. The molecule has 2 aromatic carbocycles.